The number of hydrogen-bond acceptors (Lipinski definition) is 5. The SMILES string of the molecule is CP(C)(=O)c1cc(-c2ccccc2)ncc1Nc1nc(Cl)ncc1Br. The van der Waals surface area contributed by atoms with Gasteiger partial charge in [-0.2, -0.15) is 4.98 Å². The number of benzene rings is 1. The Kier molecular flexibility index (Phi) is 5.23. The van der Waals surface area contributed by atoms with Crippen molar-refractivity contribution in [2.75, 3.05) is 18.6 Å². The second kappa shape index (κ2) is 7.24. The zero-order valence-electron chi connectivity index (χ0n) is 13.6. The van der Waals surface area contributed by atoms with E-state index in [-0.39, 0.29) is 5.28 Å². The molecule has 0 bridgehead atoms. The van der Waals surface area contributed by atoms with Gasteiger partial charge in [-0.1, -0.05) is 30.3 Å². The maximum Gasteiger partial charge on any atom is 0.224 e. The lowest BCUT2D eigenvalue weighted by molar-refractivity contribution is 0.588. The minimum absolute atomic E-state index is 0.122. The fourth-order valence-corrected chi connectivity index (χ4v) is 3.86. The van der Waals surface area contributed by atoms with Gasteiger partial charge >= 0.3 is 0 Å². The smallest absolute Gasteiger partial charge is 0.224 e. The lowest BCUT2D eigenvalue weighted by Crippen LogP contribution is -2.12. The van der Waals surface area contributed by atoms with E-state index in [1.54, 1.807) is 25.7 Å². The second-order valence-electron chi connectivity index (χ2n) is 5.76. The number of anilines is 2. The summed E-state index contributed by atoms with van der Waals surface area (Å²) in [4.78, 5) is 12.5. The van der Waals surface area contributed by atoms with Crippen molar-refractivity contribution >= 4 is 51.5 Å². The van der Waals surface area contributed by atoms with Crippen LogP contribution in [0.2, 0.25) is 5.28 Å². The molecule has 0 unspecified atom stereocenters. The number of halogens is 2. The van der Waals surface area contributed by atoms with Gasteiger partial charge in [0.2, 0.25) is 5.28 Å². The van der Waals surface area contributed by atoms with E-state index in [1.807, 2.05) is 36.4 Å². The van der Waals surface area contributed by atoms with Crippen molar-refractivity contribution in [1.29, 1.82) is 0 Å². The quantitative estimate of drug-likeness (QED) is 0.462. The summed E-state index contributed by atoms with van der Waals surface area (Å²) in [5.74, 6) is 0.490. The third-order valence-electron chi connectivity index (χ3n) is 3.50. The Morgan fingerprint density at radius 2 is 1.84 bits per heavy atom. The van der Waals surface area contributed by atoms with Gasteiger partial charge < -0.3 is 9.88 Å². The lowest BCUT2D eigenvalue weighted by atomic mass is 10.1. The van der Waals surface area contributed by atoms with Crippen molar-refractivity contribution in [2.24, 2.45) is 0 Å². The summed E-state index contributed by atoms with van der Waals surface area (Å²) in [6, 6.07) is 11.6. The molecule has 25 heavy (non-hydrogen) atoms. The Hall–Kier alpha value is -1.75. The molecular weight excluding hydrogens is 423 g/mol. The van der Waals surface area contributed by atoms with Crippen LogP contribution in [0.4, 0.5) is 11.5 Å². The molecule has 5 nitrogen and oxygen atoms in total. The van der Waals surface area contributed by atoms with E-state index in [2.05, 4.69) is 36.2 Å². The molecular formula is C17H15BrClN4OP. The van der Waals surface area contributed by atoms with Gasteiger partial charge in [-0.3, -0.25) is 4.98 Å². The van der Waals surface area contributed by atoms with E-state index >= 15 is 0 Å². The normalized spacial score (nSPS) is 11.4. The predicted molar refractivity (Wildman–Crippen MR) is 107 cm³/mol. The highest BCUT2D eigenvalue weighted by Gasteiger charge is 2.19. The van der Waals surface area contributed by atoms with Crippen LogP contribution >= 0.6 is 34.7 Å². The fourth-order valence-electron chi connectivity index (χ4n) is 2.31. The maximum absolute atomic E-state index is 12.8. The molecule has 0 saturated carbocycles. The first-order chi connectivity index (χ1) is 11.8. The highest BCUT2D eigenvalue weighted by atomic mass is 79.9. The summed E-state index contributed by atoms with van der Waals surface area (Å²) in [6.07, 6.45) is 3.22. The molecule has 1 N–H and O–H groups in total. The number of nitrogens with zero attached hydrogens (tertiary/aromatic N) is 3. The van der Waals surface area contributed by atoms with Gasteiger partial charge in [0.1, 0.15) is 13.0 Å². The second-order valence-corrected chi connectivity index (χ2v) is 10.1. The van der Waals surface area contributed by atoms with E-state index in [1.165, 1.54) is 0 Å². The Labute approximate surface area is 159 Å². The summed E-state index contributed by atoms with van der Waals surface area (Å²) in [7, 11) is -2.56. The van der Waals surface area contributed by atoms with Crippen LogP contribution in [0.1, 0.15) is 0 Å². The summed E-state index contributed by atoms with van der Waals surface area (Å²) in [5.41, 5.74) is 2.36. The molecule has 0 spiro atoms. The zero-order valence-corrected chi connectivity index (χ0v) is 16.8. The average molecular weight is 438 g/mol. The fraction of sp³-hybridized carbons (Fsp3) is 0.118. The molecule has 3 aromatic rings. The molecule has 0 fully saturated rings. The Morgan fingerprint density at radius 1 is 1.12 bits per heavy atom. The van der Waals surface area contributed by atoms with Gasteiger partial charge in [0.25, 0.3) is 0 Å². The summed E-state index contributed by atoms with van der Waals surface area (Å²) >= 11 is 9.24. The van der Waals surface area contributed by atoms with Crippen LogP contribution in [0.5, 0.6) is 0 Å². The zero-order chi connectivity index (χ0) is 18.0. The topological polar surface area (TPSA) is 67.8 Å². The molecule has 128 valence electrons. The Morgan fingerprint density at radius 3 is 2.52 bits per heavy atom. The van der Waals surface area contributed by atoms with Gasteiger partial charge in [-0.15, -0.1) is 0 Å². The van der Waals surface area contributed by atoms with Crippen molar-refractivity contribution < 1.29 is 4.57 Å². The summed E-state index contributed by atoms with van der Waals surface area (Å²) in [5, 5.41) is 3.97. The molecule has 0 aliphatic carbocycles. The van der Waals surface area contributed by atoms with Crippen molar-refractivity contribution in [3.05, 3.63) is 58.5 Å². The van der Waals surface area contributed by atoms with Crippen molar-refractivity contribution in [3.63, 3.8) is 0 Å². The number of aromatic nitrogens is 3. The minimum atomic E-state index is -2.56. The molecule has 0 amide bonds. The van der Waals surface area contributed by atoms with Crippen molar-refractivity contribution in [2.45, 2.75) is 0 Å². The predicted octanol–water partition coefficient (Wildman–Crippen LogP) is 4.95. The molecule has 0 atom stereocenters. The third kappa shape index (κ3) is 4.27. The maximum atomic E-state index is 12.8. The van der Waals surface area contributed by atoms with Gasteiger partial charge in [-0.05, 0) is 46.9 Å². The molecule has 0 saturated heterocycles. The van der Waals surface area contributed by atoms with Gasteiger partial charge in [0.15, 0.2) is 0 Å². The Bertz CT molecular complexity index is 962. The van der Waals surface area contributed by atoms with E-state index < -0.39 is 7.14 Å². The van der Waals surface area contributed by atoms with Gasteiger partial charge in [-0.25, -0.2) is 4.98 Å². The van der Waals surface area contributed by atoms with Gasteiger partial charge in [0.05, 0.1) is 22.1 Å². The number of hydrogen-bond donors (Lipinski definition) is 1. The van der Waals surface area contributed by atoms with Crippen LogP contribution in [0, 0.1) is 0 Å². The van der Waals surface area contributed by atoms with Crippen LogP contribution in [-0.2, 0) is 4.57 Å². The highest BCUT2D eigenvalue weighted by Crippen LogP contribution is 2.39. The first-order valence-corrected chi connectivity index (χ1v) is 11.2. The van der Waals surface area contributed by atoms with Crippen LogP contribution in [0.25, 0.3) is 11.3 Å². The summed E-state index contributed by atoms with van der Waals surface area (Å²) in [6.45, 7) is 3.45. The van der Waals surface area contributed by atoms with E-state index in [9.17, 15) is 4.57 Å². The first kappa shape index (κ1) is 18.1. The lowest BCUT2D eigenvalue weighted by Gasteiger charge is -2.16. The number of pyridine rings is 1. The number of rotatable bonds is 4. The number of nitrogens with one attached hydrogen (secondary N) is 1. The molecule has 1 aromatic carbocycles. The first-order valence-electron chi connectivity index (χ1n) is 7.40. The van der Waals surface area contributed by atoms with Crippen LogP contribution in [0.15, 0.2) is 53.3 Å². The molecule has 8 heteroatoms. The molecule has 3 rings (SSSR count). The van der Waals surface area contributed by atoms with Crippen LogP contribution < -0.4 is 10.6 Å². The summed E-state index contributed by atoms with van der Waals surface area (Å²) < 4.78 is 13.5. The van der Waals surface area contributed by atoms with E-state index in [4.69, 9.17) is 11.6 Å². The van der Waals surface area contributed by atoms with E-state index in [0.717, 1.165) is 11.3 Å². The third-order valence-corrected chi connectivity index (χ3v) is 5.79. The largest absolute Gasteiger partial charge is 0.337 e. The van der Waals surface area contributed by atoms with Gasteiger partial charge in [0, 0.05) is 17.1 Å². The monoisotopic (exact) mass is 436 g/mol. The molecule has 2 heterocycles. The standard InChI is InChI=1S/C17H15BrClN4OP/c1-25(2,24)15-8-13(11-6-4-3-5-7-11)20-10-14(15)22-16-12(18)9-21-17(19)23-16/h3-10H,1-2H3,(H,21,22,23). The van der Waals surface area contributed by atoms with E-state index in [0.29, 0.717) is 21.3 Å². The average Bonchev–Trinajstić information content (AvgIpc) is 2.58. The van der Waals surface area contributed by atoms with Crippen LogP contribution in [-0.4, -0.2) is 28.3 Å². The minimum Gasteiger partial charge on any atom is -0.337 e. The Balaban J connectivity index is 2.08. The molecule has 0 radical (unpaired) electrons. The molecule has 0 aliphatic rings. The highest BCUT2D eigenvalue weighted by molar-refractivity contribution is 9.10. The molecule has 2 aromatic heterocycles. The molecule has 0 aliphatic heterocycles. The van der Waals surface area contributed by atoms with Crippen LogP contribution in [0.3, 0.4) is 0 Å². The van der Waals surface area contributed by atoms with Crippen molar-refractivity contribution in [1.82, 2.24) is 15.0 Å². The van der Waals surface area contributed by atoms with Crippen molar-refractivity contribution in [3.8, 4) is 11.3 Å².